The van der Waals surface area contributed by atoms with Crippen LogP contribution in [0.15, 0.2) is 303 Å². The van der Waals surface area contributed by atoms with Crippen LogP contribution in [0.2, 0.25) is 0 Å². The van der Waals surface area contributed by atoms with E-state index in [1.54, 1.807) is 0 Å². The highest BCUT2D eigenvalue weighted by Gasteiger charge is 2.35. The van der Waals surface area contributed by atoms with E-state index >= 15 is 0 Å². The van der Waals surface area contributed by atoms with Crippen LogP contribution < -0.4 is 9.80 Å². The van der Waals surface area contributed by atoms with Crippen LogP contribution in [0.25, 0.3) is 111 Å². The minimum absolute atomic E-state index is 0.554. The molecule has 6 heteroatoms. The number of aromatic nitrogens is 3. The molecule has 6 nitrogen and oxygen atoms in total. The quantitative estimate of drug-likeness (QED) is 0.115. The van der Waals surface area contributed by atoms with Gasteiger partial charge in [-0.1, -0.05) is 188 Å². The molecule has 0 spiro atoms. The van der Waals surface area contributed by atoms with Crippen molar-refractivity contribution in [2.45, 2.75) is 41.5 Å². The van der Waals surface area contributed by atoms with Gasteiger partial charge in [0.15, 0.2) is 0 Å². The molecule has 0 unspecified atom stereocenters. The lowest BCUT2D eigenvalue weighted by Gasteiger charge is -2.30. The number of hydrogen-bond donors (Lipinski definition) is 0. The number of aryl methyl sites for hydroxylation is 6. The summed E-state index contributed by atoms with van der Waals surface area (Å²) in [6, 6.07) is 112. The molecule has 0 aliphatic carbocycles. The predicted octanol–water partition coefficient (Wildman–Crippen LogP) is 24.3. The Hall–Kier alpha value is -12.3. The fourth-order valence-corrected chi connectivity index (χ4v) is 15.0. The molecule has 458 valence electrons. The number of hydrogen-bond acceptors (Lipinski definition) is 4. The Morgan fingerprint density at radius 2 is 0.635 bits per heavy atom. The van der Waals surface area contributed by atoms with Crippen molar-refractivity contribution in [3.05, 3.63) is 343 Å². The molecule has 0 amide bonds. The average Bonchev–Trinajstić information content (AvgIpc) is 1.07. The largest absolute Gasteiger partial charge is 0.311 e. The highest BCUT2D eigenvalue weighted by Crippen LogP contribution is 2.55. The zero-order chi connectivity index (χ0) is 65.1. The first-order chi connectivity index (χ1) is 47.1. The molecule has 0 saturated heterocycles. The molecule has 0 bridgehead atoms. The second-order valence-electron chi connectivity index (χ2n) is 25.2. The van der Waals surface area contributed by atoms with Crippen molar-refractivity contribution < 1.29 is 0 Å². The van der Waals surface area contributed by atoms with Crippen molar-refractivity contribution in [2.75, 3.05) is 9.80 Å². The van der Waals surface area contributed by atoms with Crippen molar-refractivity contribution in [1.29, 1.82) is 5.26 Å². The predicted molar refractivity (Wildman–Crippen MR) is 403 cm³/mol. The van der Waals surface area contributed by atoms with E-state index in [9.17, 15) is 5.26 Å². The second-order valence-corrected chi connectivity index (χ2v) is 25.2. The second kappa shape index (κ2) is 24.3. The van der Waals surface area contributed by atoms with Gasteiger partial charge in [0.25, 0.3) is 0 Å². The monoisotopic (exact) mass is 1230 g/mol. The van der Waals surface area contributed by atoms with Gasteiger partial charge in [-0.05, 0) is 212 Å². The number of nitrogens with zero attached hydrogens (tertiary/aromatic N) is 6. The van der Waals surface area contributed by atoms with Crippen LogP contribution in [-0.4, -0.2) is 14.1 Å². The van der Waals surface area contributed by atoms with Crippen molar-refractivity contribution in [3.63, 3.8) is 0 Å². The van der Waals surface area contributed by atoms with E-state index in [1.807, 2.05) is 6.92 Å². The van der Waals surface area contributed by atoms with Gasteiger partial charge < -0.3 is 18.9 Å². The van der Waals surface area contributed by atoms with E-state index in [0.29, 0.717) is 5.56 Å². The third-order valence-electron chi connectivity index (χ3n) is 19.3. The van der Waals surface area contributed by atoms with E-state index in [1.165, 1.54) is 0 Å². The molecule has 13 aromatic carbocycles. The number of benzene rings is 13. The Morgan fingerprint density at radius 3 is 1.03 bits per heavy atom. The highest BCUT2D eigenvalue weighted by atomic mass is 15.1. The first-order valence-electron chi connectivity index (χ1n) is 32.9. The van der Waals surface area contributed by atoms with Gasteiger partial charge in [-0.25, -0.2) is 0 Å². The minimum atomic E-state index is 0.554. The van der Waals surface area contributed by atoms with E-state index in [0.717, 1.165) is 178 Å². The molecule has 96 heavy (non-hydrogen) atoms. The number of anilines is 6. The summed E-state index contributed by atoms with van der Waals surface area (Å²) < 4.78 is 4.90. The Balaban J connectivity index is 0.974. The fraction of sp³-hybridized carbons (Fsp3) is 0.0667. The third-order valence-corrected chi connectivity index (χ3v) is 19.3. The number of rotatable bonds is 13. The maximum Gasteiger partial charge on any atom is 0.102 e. The average molecular weight is 1230 g/mol. The lowest BCUT2D eigenvalue weighted by molar-refractivity contribution is 1.11. The molecule has 0 aliphatic rings. The van der Waals surface area contributed by atoms with Crippen molar-refractivity contribution >= 4 is 77.7 Å². The zero-order valence-electron chi connectivity index (χ0n) is 54.6. The first-order valence-corrected chi connectivity index (χ1v) is 32.9. The van der Waals surface area contributed by atoms with Crippen molar-refractivity contribution in [1.82, 2.24) is 14.1 Å². The summed E-state index contributed by atoms with van der Waals surface area (Å²) in [6.07, 6.45) is 0. The van der Waals surface area contributed by atoms with Crippen molar-refractivity contribution in [2.24, 2.45) is 0 Å². The van der Waals surface area contributed by atoms with Gasteiger partial charge in [0.1, 0.15) is 6.07 Å². The first kappa shape index (κ1) is 58.8. The van der Waals surface area contributed by atoms with Gasteiger partial charge in [-0.3, -0.25) is 4.98 Å². The number of nitriles is 1. The van der Waals surface area contributed by atoms with Crippen LogP contribution >= 0.6 is 0 Å². The van der Waals surface area contributed by atoms with Gasteiger partial charge in [-0.2, -0.15) is 5.26 Å². The van der Waals surface area contributed by atoms with Crippen LogP contribution in [-0.2, 0) is 0 Å². The molecule has 0 radical (unpaired) electrons. The third kappa shape index (κ3) is 10.00. The Bertz CT molecular complexity index is 5580. The van der Waals surface area contributed by atoms with Gasteiger partial charge in [0, 0.05) is 89.3 Å². The summed E-state index contributed by atoms with van der Waals surface area (Å²) in [7, 11) is 0. The van der Waals surface area contributed by atoms with Crippen LogP contribution in [0.5, 0.6) is 0 Å². The van der Waals surface area contributed by atoms with Gasteiger partial charge in [-0.15, -0.1) is 0 Å². The SMILES string of the molecule is Cc1ccc(-c2c(C#N)c(-n3c4ccccc4c4cc(-c5ccc(N(c6ccccc6)c6ccccc6)cc5)ccc43)c(-c3c(C)cccc3C)c(-c3c(C)cccc3C)c2-n2c3ccccc3c3cc(-c4ccc(N(c5ccccc5)c5ccccc5)cc4)ccc32)c(C)n1. The summed E-state index contributed by atoms with van der Waals surface area (Å²) >= 11 is 0. The van der Waals surface area contributed by atoms with Crippen molar-refractivity contribution in [3.8, 4) is 73.1 Å². The summed E-state index contributed by atoms with van der Waals surface area (Å²) in [5.74, 6) is 0. The van der Waals surface area contributed by atoms with E-state index in [4.69, 9.17) is 4.98 Å². The van der Waals surface area contributed by atoms with E-state index in [2.05, 4.69) is 363 Å². The summed E-state index contributed by atoms with van der Waals surface area (Å²) in [5, 5.41) is 17.2. The molecule has 0 atom stereocenters. The number of para-hydroxylation sites is 6. The molecular formula is C90H68N6. The maximum atomic E-state index is 12.8. The Morgan fingerprint density at radius 1 is 0.292 bits per heavy atom. The highest BCUT2D eigenvalue weighted by molar-refractivity contribution is 6.16. The summed E-state index contributed by atoms with van der Waals surface area (Å²) in [4.78, 5) is 9.86. The fourth-order valence-electron chi connectivity index (χ4n) is 15.0. The summed E-state index contributed by atoms with van der Waals surface area (Å²) in [5.41, 5.74) is 29.4. The molecule has 3 heterocycles. The maximum absolute atomic E-state index is 12.8. The molecule has 16 aromatic rings. The Labute approximate surface area is 560 Å². The van der Waals surface area contributed by atoms with Gasteiger partial charge >= 0.3 is 0 Å². The molecule has 0 fully saturated rings. The van der Waals surface area contributed by atoms with Crippen LogP contribution in [0.1, 0.15) is 39.2 Å². The standard InChI is InChI=1S/C90H68N6/c1-58-25-23-26-59(2)84(58)87-88(85-60(3)27-24-28-61(85)4)90(96-81-40-22-20-38-76(81)78-56-67(47-54-83(78)96)65-44-50-73(51-45-65)94(70-33-15-9-16-34-70)71-35-17-10-18-36-71)86(74-52-41-62(5)92-63(74)6)79(57-91)89(87)95-80-39-21-19-37-75(80)77-55-66(46-53-82(77)95)64-42-48-72(49-43-64)93(68-29-11-7-12-30-68)69-31-13-8-14-32-69/h7-56H,1-6H3. The van der Waals surface area contributed by atoms with Crippen LogP contribution in [0.4, 0.5) is 34.1 Å². The lowest BCUT2D eigenvalue weighted by atomic mass is 9.79. The lowest BCUT2D eigenvalue weighted by Crippen LogP contribution is -2.12. The zero-order valence-corrected chi connectivity index (χ0v) is 54.6. The smallest absolute Gasteiger partial charge is 0.102 e. The molecule has 0 N–H and O–H groups in total. The van der Waals surface area contributed by atoms with Crippen LogP contribution in [0.3, 0.4) is 0 Å². The normalized spacial score (nSPS) is 11.4. The van der Waals surface area contributed by atoms with Crippen LogP contribution in [0, 0.1) is 52.9 Å². The number of pyridine rings is 1. The Kier molecular flexibility index (Phi) is 14.9. The molecule has 3 aromatic heterocycles. The van der Waals surface area contributed by atoms with Gasteiger partial charge in [0.05, 0.1) is 39.0 Å². The topological polar surface area (TPSA) is 53.0 Å². The minimum Gasteiger partial charge on any atom is -0.311 e. The number of fused-ring (bicyclic) bond motifs is 6. The van der Waals surface area contributed by atoms with Gasteiger partial charge in [0.2, 0.25) is 0 Å². The van der Waals surface area contributed by atoms with E-state index < -0.39 is 0 Å². The molecule has 0 aliphatic heterocycles. The molecular weight excluding hydrogens is 1170 g/mol. The molecule has 16 rings (SSSR count). The summed E-state index contributed by atoms with van der Waals surface area (Å²) in [6.45, 7) is 13.1. The molecule has 0 saturated carbocycles. The van der Waals surface area contributed by atoms with E-state index in [-0.39, 0.29) is 0 Å².